The molecule has 166 valence electrons. The Kier molecular flexibility index (Phi) is 7.20. The molecule has 1 fully saturated rings. The third-order valence-electron chi connectivity index (χ3n) is 5.92. The number of carbonyl (C=O) groups is 1. The normalized spacial score (nSPS) is 14.3. The van der Waals surface area contributed by atoms with Gasteiger partial charge in [-0.15, -0.1) is 0 Å². The number of benzene rings is 2. The van der Waals surface area contributed by atoms with Gasteiger partial charge in [0, 0.05) is 53.9 Å². The first-order valence-corrected chi connectivity index (χ1v) is 12.0. The van der Waals surface area contributed by atoms with Crippen LogP contribution < -0.4 is 4.90 Å². The smallest absolute Gasteiger partial charge is 0.253 e. The molecule has 5 nitrogen and oxygen atoms in total. The topological polar surface area (TPSA) is 49.3 Å². The number of aromatic nitrogens is 2. The van der Waals surface area contributed by atoms with Gasteiger partial charge >= 0.3 is 0 Å². The van der Waals surface area contributed by atoms with Crippen molar-refractivity contribution in [2.45, 2.75) is 33.1 Å². The van der Waals surface area contributed by atoms with Crippen LogP contribution in [0, 0.1) is 6.92 Å². The summed E-state index contributed by atoms with van der Waals surface area (Å²) in [4.78, 5) is 27.0. The zero-order valence-electron chi connectivity index (χ0n) is 18.7. The second-order valence-corrected chi connectivity index (χ2v) is 9.09. The minimum Gasteiger partial charge on any atom is -0.354 e. The summed E-state index contributed by atoms with van der Waals surface area (Å²) < 4.78 is 0.980. The third kappa shape index (κ3) is 5.18. The Balaban J connectivity index is 1.57. The molecule has 1 aliphatic rings. The van der Waals surface area contributed by atoms with Crippen molar-refractivity contribution in [2.75, 3.05) is 31.1 Å². The molecule has 1 aromatic heterocycles. The van der Waals surface area contributed by atoms with E-state index in [1.807, 2.05) is 42.2 Å². The molecule has 2 heterocycles. The first-order chi connectivity index (χ1) is 15.5. The Hall–Kier alpha value is -2.73. The van der Waals surface area contributed by atoms with E-state index in [4.69, 9.17) is 9.97 Å². The number of hydrogen-bond acceptors (Lipinski definition) is 4. The number of hydrogen-bond donors (Lipinski definition) is 0. The highest BCUT2D eigenvalue weighted by Gasteiger charge is 2.24. The molecule has 6 heteroatoms. The van der Waals surface area contributed by atoms with Crippen LogP contribution in [0.3, 0.4) is 0 Å². The van der Waals surface area contributed by atoms with E-state index < -0.39 is 0 Å². The predicted octanol–water partition coefficient (Wildman–Crippen LogP) is 5.05. The Morgan fingerprint density at radius 3 is 2.44 bits per heavy atom. The lowest BCUT2D eigenvalue weighted by molar-refractivity contribution is 0.0767. The lowest BCUT2D eigenvalue weighted by Gasteiger charge is -2.26. The molecule has 0 saturated carbocycles. The zero-order chi connectivity index (χ0) is 22.5. The van der Waals surface area contributed by atoms with Gasteiger partial charge in [0.15, 0.2) is 0 Å². The Morgan fingerprint density at radius 1 is 0.969 bits per heavy atom. The molecular formula is C26H29BrN4O. The maximum atomic E-state index is 13.0. The van der Waals surface area contributed by atoms with E-state index in [0.717, 1.165) is 66.3 Å². The average molecular weight is 493 g/mol. The van der Waals surface area contributed by atoms with Crippen molar-refractivity contribution in [3.63, 3.8) is 0 Å². The van der Waals surface area contributed by atoms with Crippen molar-refractivity contribution < 1.29 is 4.79 Å². The van der Waals surface area contributed by atoms with Crippen LogP contribution in [-0.4, -0.2) is 47.0 Å². The number of anilines is 1. The summed E-state index contributed by atoms with van der Waals surface area (Å²) >= 11 is 3.44. The SMILES string of the molecule is CCc1nc(C)nc(N2CCCN(C(=O)c3ccc(Br)cc3)CC2)c1Cc1ccccc1. The number of aryl methyl sites for hydroxylation is 2. The van der Waals surface area contributed by atoms with Crippen molar-refractivity contribution in [2.24, 2.45) is 0 Å². The minimum absolute atomic E-state index is 0.0944. The zero-order valence-corrected chi connectivity index (χ0v) is 20.3. The summed E-state index contributed by atoms with van der Waals surface area (Å²) in [5.74, 6) is 1.92. The van der Waals surface area contributed by atoms with Crippen LogP contribution in [0.15, 0.2) is 59.1 Å². The highest BCUT2D eigenvalue weighted by atomic mass is 79.9. The third-order valence-corrected chi connectivity index (χ3v) is 6.44. The van der Waals surface area contributed by atoms with Crippen molar-refractivity contribution in [1.82, 2.24) is 14.9 Å². The molecule has 0 bridgehead atoms. The summed E-state index contributed by atoms with van der Waals surface area (Å²) in [6, 6.07) is 18.1. The Bertz CT molecular complexity index is 1070. The molecule has 0 unspecified atom stereocenters. The fraction of sp³-hybridized carbons (Fsp3) is 0.346. The minimum atomic E-state index is 0.0944. The van der Waals surface area contributed by atoms with E-state index >= 15 is 0 Å². The maximum absolute atomic E-state index is 13.0. The summed E-state index contributed by atoms with van der Waals surface area (Å²) in [6.45, 7) is 7.21. The first-order valence-electron chi connectivity index (χ1n) is 11.2. The van der Waals surface area contributed by atoms with E-state index in [2.05, 4.69) is 52.0 Å². The van der Waals surface area contributed by atoms with Gasteiger partial charge in [-0.25, -0.2) is 9.97 Å². The van der Waals surface area contributed by atoms with Crippen LogP contribution in [0.1, 0.15) is 46.3 Å². The van der Waals surface area contributed by atoms with Crippen LogP contribution in [-0.2, 0) is 12.8 Å². The van der Waals surface area contributed by atoms with E-state index in [1.54, 1.807) is 0 Å². The van der Waals surface area contributed by atoms with Crippen LogP contribution in [0.4, 0.5) is 5.82 Å². The van der Waals surface area contributed by atoms with Gasteiger partial charge in [-0.2, -0.15) is 0 Å². The summed E-state index contributed by atoms with van der Waals surface area (Å²) in [5, 5.41) is 0. The highest BCUT2D eigenvalue weighted by molar-refractivity contribution is 9.10. The Morgan fingerprint density at radius 2 is 1.72 bits per heavy atom. The second-order valence-electron chi connectivity index (χ2n) is 8.18. The van der Waals surface area contributed by atoms with Gasteiger partial charge in [-0.3, -0.25) is 4.79 Å². The standard InChI is InChI=1S/C26H29BrN4O/c1-3-24-23(18-20-8-5-4-6-9-20)25(29-19(2)28-24)30-14-7-15-31(17-16-30)26(32)21-10-12-22(27)13-11-21/h4-6,8-13H,3,7,14-18H2,1-2H3. The molecule has 0 spiro atoms. The van der Waals surface area contributed by atoms with Crippen molar-refractivity contribution in [3.05, 3.63) is 87.3 Å². The monoisotopic (exact) mass is 492 g/mol. The van der Waals surface area contributed by atoms with Gasteiger partial charge < -0.3 is 9.80 Å². The van der Waals surface area contributed by atoms with Crippen LogP contribution >= 0.6 is 15.9 Å². The van der Waals surface area contributed by atoms with Gasteiger partial charge in [0.05, 0.1) is 0 Å². The molecule has 0 atom stereocenters. The highest BCUT2D eigenvalue weighted by Crippen LogP contribution is 2.26. The average Bonchev–Trinajstić information content (AvgIpc) is 3.07. The fourth-order valence-electron chi connectivity index (χ4n) is 4.28. The van der Waals surface area contributed by atoms with Crippen molar-refractivity contribution in [3.8, 4) is 0 Å². The van der Waals surface area contributed by atoms with E-state index in [-0.39, 0.29) is 5.91 Å². The lowest BCUT2D eigenvalue weighted by Crippen LogP contribution is -2.35. The molecule has 2 aromatic carbocycles. The van der Waals surface area contributed by atoms with Crippen LogP contribution in [0.2, 0.25) is 0 Å². The van der Waals surface area contributed by atoms with Crippen molar-refractivity contribution in [1.29, 1.82) is 0 Å². The van der Waals surface area contributed by atoms with E-state index in [1.165, 1.54) is 11.1 Å². The van der Waals surface area contributed by atoms with E-state index in [9.17, 15) is 4.79 Å². The second kappa shape index (κ2) is 10.3. The lowest BCUT2D eigenvalue weighted by atomic mass is 10.0. The molecular weight excluding hydrogens is 464 g/mol. The predicted molar refractivity (Wildman–Crippen MR) is 132 cm³/mol. The number of carbonyl (C=O) groups excluding carboxylic acids is 1. The summed E-state index contributed by atoms with van der Waals surface area (Å²) in [6.07, 6.45) is 2.61. The van der Waals surface area contributed by atoms with Gasteiger partial charge in [0.25, 0.3) is 5.91 Å². The molecule has 1 amide bonds. The van der Waals surface area contributed by atoms with Gasteiger partial charge in [-0.05, 0) is 49.6 Å². The van der Waals surface area contributed by atoms with Gasteiger partial charge in [0.2, 0.25) is 0 Å². The maximum Gasteiger partial charge on any atom is 0.253 e. The van der Waals surface area contributed by atoms with Crippen molar-refractivity contribution >= 4 is 27.7 Å². The number of halogens is 1. The molecule has 4 rings (SSSR count). The number of nitrogens with zero attached hydrogens (tertiary/aromatic N) is 4. The molecule has 3 aromatic rings. The molecule has 0 aliphatic carbocycles. The molecule has 32 heavy (non-hydrogen) atoms. The van der Waals surface area contributed by atoms with E-state index in [0.29, 0.717) is 6.54 Å². The first kappa shape index (κ1) is 22.5. The Labute approximate surface area is 198 Å². The van der Waals surface area contributed by atoms with Crippen LogP contribution in [0.25, 0.3) is 0 Å². The molecule has 0 radical (unpaired) electrons. The van der Waals surface area contributed by atoms with Crippen LogP contribution in [0.5, 0.6) is 0 Å². The van der Waals surface area contributed by atoms with Gasteiger partial charge in [0.1, 0.15) is 11.6 Å². The summed E-state index contributed by atoms with van der Waals surface area (Å²) in [7, 11) is 0. The molecule has 0 N–H and O–H groups in total. The number of amides is 1. The fourth-order valence-corrected chi connectivity index (χ4v) is 4.54. The largest absolute Gasteiger partial charge is 0.354 e. The quantitative estimate of drug-likeness (QED) is 0.499. The van der Waals surface area contributed by atoms with Gasteiger partial charge in [-0.1, -0.05) is 53.2 Å². The molecule has 1 aliphatic heterocycles. The number of rotatable bonds is 5. The summed E-state index contributed by atoms with van der Waals surface area (Å²) in [5.41, 5.74) is 4.32. The molecule has 1 saturated heterocycles.